The zero-order valence-electron chi connectivity index (χ0n) is 19.6. The molecule has 8 heteroatoms. The van der Waals surface area contributed by atoms with E-state index in [1.807, 2.05) is 29.2 Å². The second-order valence-corrected chi connectivity index (χ2v) is 8.99. The number of H-pyrrole nitrogens is 1. The van der Waals surface area contributed by atoms with E-state index in [-0.39, 0.29) is 18.7 Å². The van der Waals surface area contributed by atoms with Gasteiger partial charge in [-0.2, -0.15) is 0 Å². The number of likely N-dealkylation sites (N-methyl/N-ethyl adjacent to an activating group) is 1. The number of carbonyl (C=O) groups is 2. The minimum Gasteiger partial charge on any atom is -0.454 e. The molecule has 1 aromatic heterocycles. The van der Waals surface area contributed by atoms with Crippen molar-refractivity contribution < 1.29 is 19.1 Å². The predicted octanol–water partition coefficient (Wildman–Crippen LogP) is 2.78. The normalized spacial score (nSPS) is 19.4. The summed E-state index contributed by atoms with van der Waals surface area (Å²) in [6, 6.07) is 14.1. The van der Waals surface area contributed by atoms with Crippen molar-refractivity contribution in [2.75, 3.05) is 46.6 Å². The number of para-hydroxylation sites is 1. The van der Waals surface area contributed by atoms with Crippen molar-refractivity contribution in [3.05, 3.63) is 59.3 Å². The molecule has 0 bridgehead atoms. The van der Waals surface area contributed by atoms with Crippen LogP contribution in [0.1, 0.15) is 29.8 Å². The van der Waals surface area contributed by atoms with E-state index in [1.165, 1.54) is 10.9 Å². The van der Waals surface area contributed by atoms with E-state index < -0.39 is 0 Å². The summed E-state index contributed by atoms with van der Waals surface area (Å²) in [5.41, 5.74) is 4.55. The summed E-state index contributed by atoms with van der Waals surface area (Å²) in [6.07, 6.45) is 1.78. The molecule has 3 aromatic rings. The third kappa shape index (κ3) is 4.21. The third-order valence-corrected chi connectivity index (χ3v) is 6.84. The number of hydrogen-bond donors (Lipinski definition) is 1. The van der Waals surface area contributed by atoms with Gasteiger partial charge in [0, 0.05) is 56.2 Å². The van der Waals surface area contributed by atoms with E-state index in [0.29, 0.717) is 6.54 Å². The first kappa shape index (κ1) is 22.3. The molecule has 0 radical (unpaired) electrons. The highest BCUT2D eigenvalue weighted by molar-refractivity contribution is 5.86. The van der Waals surface area contributed by atoms with Crippen LogP contribution in [0, 0.1) is 0 Å². The fourth-order valence-electron chi connectivity index (χ4n) is 4.94. The van der Waals surface area contributed by atoms with E-state index in [0.717, 1.165) is 67.3 Å². The second-order valence-electron chi connectivity index (χ2n) is 8.99. The van der Waals surface area contributed by atoms with E-state index in [1.54, 1.807) is 11.8 Å². The summed E-state index contributed by atoms with van der Waals surface area (Å²) >= 11 is 0. The number of ether oxygens (including phenoxy) is 2. The van der Waals surface area contributed by atoms with Crippen molar-refractivity contribution in [3.63, 3.8) is 0 Å². The Hall–Kier alpha value is -3.52. The summed E-state index contributed by atoms with van der Waals surface area (Å²) in [5, 5.41) is 1.24. The lowest BCUT2D eigenvalue weighted by atomic mass is 9.92. The van der Waals surface area contributed by atoms with Crippen molar-refractivity contribution in [2.24, 2.45) is 0 Å². The molecular weight excluding hydrogens is 432 g/mol. The molecule has 1 N–H and O–H groups in total. The van der Waals surface area contributed by atoms with Gasteiger partial charge in [-0.3, -0.25) is 9.59 Å². The minimum atomic E-state index is -0.136. The number of piperazine rings is 1. The van der Waals surface area contributed by atoms with Gasteiger partial charge in [-0.25, -0.2) is 0 Å². The Morgan fingerprint density at radius 1 is 1.03 bits per heavy atom. The van der Waals surface area contributed by atoms with Gasteiger partial charge in [0.2, 0.25) is 19.1 Å². The number of nitrogens with one attached hydrogen (secondary N) is 1. The maximum absolute atomic E-state index is 12.3. The molecule has 3 aliphatic rings. The van der Waals surface area contributed by atoms with Crippen molar-refractivity contribution in [2.45, 2.75) is 19.4 Å². The molecule has 0 spiro atoms. The highest BCUT2D eigenvalue weighted by atomic mass is 16.7. The van der Waals surface area contributed by atoms with Crippen LogP contribution in [-0.2, 0) is 16.0 Å². The number of hydrogen-bond acceptors (Lipinski definition) is 5. The van der Waals surface area contributed by atoms with E-state index in [2.05, 4.69) is 35.1 Å². The molecule has 6 rings (SSSR count). The average molecular weight is 463 g/mol. The lowest BCUT2D eigenvalue weighted by Gasteiger charge is -2.35. The molecule has 0 aliphatic carbocycles. The van der Waals surface area contributed by atoms with Gasteiger partial charge in [0.05, 0.1) is 6.04 Å². The standard InChI is InChI=1S/C20H18N2O3.C6H12N2O/c1-12(23)22-9-8-15-14-4-2-3-5-16(14)21-19(15)20(22)13-6-7-17-18(10-13)25-11-24-17;1-7-2-4-8(6-9)5-3-7/h2-7,10,20-21H,8-9,11H2,1H3;6H,2-5H2,1H3/t20-;/m1./s1. The van der Waals surface area contributed by atoms with Gasteiger partial charge in [0.15, 0.2) is 11.5 Å². The summed E-state index contributed by atoms with van der Waals surface area (Å²) in [4.78, 5) is 32.0. The maximum Gasteiger partial charge on any atom is 0.231 e. The Morgan fingerprint density at radius 3 is 2.56 bits per heavy atom. The number of aromatic nitrogens is 1. The van der Waals surface area contributed by atoms with Crippen LogP contribution in [0.4, 0.5) is 0 Å². The number of benzene rings is 2. The van der Waals surface area contributed by atoms with Crippen LogP contribution in [0.2, 0.25) is 0 Å². The average Bonchev–Trinajstić information content (AvgIpc) is 3.48. The molecule has 3 aliphatic heterocycles. The molecule has 2 amide bonds. The van der Waals surface area contributed by atoms with Crippen molar-refractivity contribution >= 4 is 23.2 Å². The Bertz CT molecular complexity index is 1200. The quantitative estimate of drug-likeness (QED) is 0.593. The van der Waals surface area contributed by atoms with Crippen LogP contribution >= 0.6 is 0 Å². The van der Waals surface area contributed by atoms with Gasteiger partial charge in [-0.05, 0) is 42.8 Å². The van der Waals surface area contributed by atoms with Crippen molar-refractivity contribution in [1.29, 1.82) is 0 Å². The molecule has 1 fully saturated rings. The largest absolute Gasteiger partial charge is 0.454 e. The fourth-order valence-corrected chi connectivity index (χ4v) is 4.94. The summed E-state index contributed by atoms with van der Waals surface area (Å²) in [7, 11) is 2.07. The van der Waals surface area contributed by atoms with Crippen LogP contribution in [-0.4, -0.2) is 78.6 Å². The minimum absolute atomic E-state index is 0.0759. The first-order valence-electron chi connectivity index (χ1n) is 11.7. The number of carbonyl (C=O) groups excluding carboxylic acids is 2. The summed E-state index contributed by atoms with van der Waals surface area (Å²) < 4.78 is 11.0. The van der Waals surface area contributed by atoms with Gasteiger partial charge < -0.3 is 29.2 Å². The zero-order chi connectivity index (χ0) is 23.7. The molecule has 34 heavy (non-hydrogen) atoms. The fraction of sp³-hybridized carbons (Fsp3) is 0.385. The topological polar surface area (TPSA) is 78.1 Å². The van der Waals surface area contributed by atoms with Crippen molar-refractivity contribution in [3.8, 4) is 11.5 Å². The van der Waals surface area contributed by atoms with Crippen molar-refractivity contribution in [1.82, 2.24) is 19.7 Å². The Morgan fingerprint density at radius 2 is 1.79 bits per heavy atom. The molecule has 1 atom stereocenters. The number of fused-ring (bicyclic) bond motifs is 4. The second kappa shape index (κ2) is 9.38. The highest BCUT2D eigenvalue weighted by Gasteiger charge is 2.34. The maximum atomic E-state index is 12.3. The van der Waals surface area contributed by atoms with Crippen LogP contribution in [0.25, 0.3) is 10.9 Å². The summed E-state index contributed by atoms with van der Waals surface area (Å²) in [5.74, 6) is 1.57. The number of nitrogens with zero attached hydrogens (tertiary/aromatic N) is 3. The molecule has 0 unspecified atom stereocenters. The molecule has 4 heterocycles. The lowest BCUT2D eigenvalue weighted by molar-refractivity contribution is -0.131. The number of amides is 2. The van der Waals surface area contributed by atoms with Crippen LogP contribution in [0.15, 0.2) is 42.5 Å². The summed E-state index contributed by atoms with van der Waals surface area (Å²) in [6.45, 7) is 6.39. The molecule has 1 saturated heterocycles. The lowest BCUT2D eigenvalue weighted by Crippen LogP contribution is -2.43. The van der Waals surface area contributed by atoms with Gasteiger partial charge in [0.25, 0.3) is 0 Å². The Labute approximate surface area is 199 Å². The molecular formula is C26H30N4O4. The highest BCUT2D eigenvalue weighted by Crippen LogP contribution is 2.41. The van der Waals surface area contributed by atoms with Gasteiger partial charge in [-0.15, -0.1) is 0 Å². The van der Waals surface area contributed by atoms with Crippen LogP contribution in [0.3, 0.4) is 0 Å². The van der Waals surface area contributed by atoms with Gasteiger partial charge >= 0.3 is 0 Å². The molecule has 0 saturated carbocycles. The number of rotatable bonds is 2. The van der Waals surface area contributed by atoms with E-state index in [4.69, 9.17) is 9.47 Å². The van der Waals surface area contributed by atoms with E-state index in [9.17, 15) is 9.59 Å². The smallest absolute Gasteiger partial charge is 0.231 e. The number of aromatic amines is 1. The van der Waals surface area contributed by atoms with Crippen LogP contribution < -0.4 is 9.47 Å². The first-order chi connectivity index (χ1) is 16.5. The van der Waals surface area contributed by atoms with Gasteiger partial charge in [0.1, 0.15) is 0 Å². The van der Waals surface area contributed by atoms with E-state index >= 15 is 0 Å². The van der Waals surface area contributed by atoms with Crippen LogP contribution in [0.5, 0.6) is 11.5 Å². The molecule has 2 aromatic carbocycles. The third-order valence-electron chi connectivity index (χ3n) is 6.84. The SMILES string of the molecule is CC(=O)N1CCc2c([nH]c3ccccc23)[C@H]1c1ccc2c(c1)OCO2.CN1CCN(C=O)CC1. The zero-order valence-corrected chi connectivity index (χ0v) is 19.6. The monoisotopic (exact) mass is 462 g/mol. The molecule has 178 valence electrons. The van der Waals surface area contributed by atoms with Gasteiger partial charge in [-0.1, -0.05) is 24.3 Å². The molecule has 8 nitrogen and oxygen atoms in total. The predicted molar refractivity (Wildman–Crippen MR) is 129 cm³/mol. The first-order valence-corrected chi connectivity index (χ1v) is 11.7. The Kier molecular flexibility index (Phi) is 6.15. The Balaban J connectivity index is 0.000000227.